The van der Waals surface area contributed by atoms with Gasteiger partial charge >= 0.3 is 5.97 Å². The van der Waals surface area contributed by atoms with E-state index in [1.54, 1.807) is 4.90 Å². The predicted molar refractivity (Wildman–Crippen MR) is 76.5 cm³/mol. The Balaban J connectivity index is 1.93. The van der Waals surface area contributed by atoms with Gasteiger partial charge in [-0.05, 0) is 38.6 Å². The van der Waals surface area contributed by atoms with Gasteiger partial charge in [-0.2, -0.15) is 0 Å². The van der Waals surface area contributed by atoms with E-state index in [0.717, 1.165) is 32.1 Å². The summed E-state index contributed by atoms with van der Waals surface area (Å²) < 4.78 is 0. The summed E-state index contributed by atoms with van der Waals surface area (Å²) >= 11 is 0. The molecule has 0 aromatic carbocycles. The van der Waals surface area contributed by atoms with Gasteiger partial charge in [0.1, 0.15) is 0 Å². The van der Waals surface area contributed by atoms with Crippen LogP contribution in [0.25, 0.3) is 0 Å². The minimum Gasteiger partial charge on any atom is -0.480 e. The monoisotopic (exact) mass is 282 g/mol. The molecule has 1 N–H and O–H groups in total. The van der Waals surface area contributed by atoms with Gasteiger partial charge < -0.3 is 10.0 Å². The van der Waals surface area contributed by atoms with Crippen LogP contribution < -0.4 is 0 Å². The Morgan fingerprint density at radius 1 is 1.05 bits per heavy atom. The molecule has 2 aliphatic carbocycles. The summed E-state index contributed by atoms with van der Waals surface area (Å²) in [6.45, 7) is 2.89. The number of rotatable bonds is 8. The van der Waals surface area contributed by atoms with E-state index >= 15 is 0 Å². The van der Waals surface area contributed by atoms with Crippen LogP contribution in [-0.2, 0) is 9.59 Å². The highest BCUT2D eigenvalue weighted by molar-refractivity contribution is 5.80. The fraction of sp³-hybridized carbons (Fsp3) is 0.867. The Bertz CT molecular complexity index is 349. The molecule has 2 aliphatic rings. The van der Waals surface area contributed by atoms with Crippen LogP contribution in [0.2, 0.25) is 0 Å². The average molecular weight is 282 g/mol. The van der Waals surface area contributed by atoms with Gasteiger partial charge in [-0.25, -0.2) is 0 Å². The number of amides is 1. The molecule has 2 rings (SSSR count). The van der Waals surface area contributed by atoms with E-state index in [1.807, 2.05) is 6.92 Å². The van der Waals surface area contributed by atoms with Crippen LogP contribution >= 0.6 is 0 Å². The van der Waals surface area contributed by atoms with Crippen LogP contribution in [0.5, 0.6) is 0 Å². The number of hydrogen-bond donors (Lipinski definition) is 1. The fourth-order valence-electron chi connectivity index (χ4n) is 3.24. The lowest BCUT2D eigenvalue weighted by Gasteiger charge is -2.31. The molecule has 2 fully saturated rings. The van der Waals surface area contributed by atoms with Crippen molar-refractivity contribution in [3.63, 3.8) is 0 Å². The van der Waals surface area contributed by atoms with E-state index in [9.17, 15) is 9.59 Å². The highest BCUT2D eigenvalue weighted by atomic mass is 16.4. The van der Waals surface area contributed by atoms with Gasteiger partial charge in [0.15, 0.2) is 0 Å². The van der Waals surface area contributed by atoms with Gasteiger partial charge in [0, 0.05) is 12.1 Å². The van der Waals surface area contributed by atoms with Gasteiger partial charge in [0.05, 0.1) is 13.1 Å². The smallest absolute Gasteiger partial charge is 0.317 e. The summed E-state index contributed by atoms with van der Waals surface area (Å²) in [6.07, 6.45) is 7.78. The zero-order valence-corrected chi connectivity index (χ0v) is 12.4. The molecule has 0 bridgehead atoms. The second-order valence-electron chi connectivity index (χ2n) is 6.07. The topological polar surface area (TPSA) is 60.9 Å². The van der Waals surface area contributed by atoms with Gasteiger partial charge in [-0.1, -0.05) is 19.8 Å². The molecule has 5 nitrogen and oxygen atoms in total. The Morgan fingerprint density at radius 3 is 2.15 bits per heavy atom. The fourth-order valence-corrected chi connectivity index (χ4v) is 3.24. The molecule has 0 spiro atoms. The SMILES string of the molecule is CCCN(CC(=O)O)CC(=O)N(C1CCCC1)C1CC1. The van der Waals surface area contributed by atoms with E-state index in [-0.39, 0.29) is 19.0 Å². The minimum absolute atomic E-state index is 0.0389. The summed E-state index contributed by atoms with van der Waals surface area (Å²) in [7, 11) is 0. The number of hydrogen-bond acceptors (Lipinski definition) is 3. The lowest BCUT2D eigenvalue weighted by atomic mass is 10.2. The van der Waals surface area contributed by atoms with Gasteiger partial charge in [0.25, 0.3) is 0 Å². The standard InChI is InChI=1S/C15H26N2O3/c1-2-9-16(11-15(19)20)10-14(18)17(13-7-8-13)12-5-3-4-6-12/h12-13H,2-11H2,1H3,(H,19,20). The molecule has 2 saturated carbocycles. The molecule has 1 amide bonds. The molecule has 0 aliphatic heterocycles. The summed E-state index contributed by atoms with van der Waals surface area (Å²) in [5.74, 6) is -0.723. The molecule has 20 heavy (non-hydrogen) atoms. The predicted octanol–water partition coefficient (Wildman–Crippen LogP) is 1.72. The normalized spacial score (nSPS) is 19.5. The third-order valence-electron chi connectivity index (χ3n) is 4.20. The zero-order chi connectivity index (χ0) is 14.5. The van der Waals surface area contributed by atoms with Crippen molar-refractivity contribution in [2.75, 3.05) is 19.6 Å². The molecule has 0 aromatic heterocycles. The summed E-state index contributed by atoms with van der Waals surface area (Å²) in [4.78, 5) is 27.3. The largest absolute Gasteiger partial charge is 0.480 e. The first-order valence-corrected chi connectivity index (χ1v) is 7.87. The van der Waals surface area contributed by atoms with Crippen molar-refractivity contribution in [2.24, 2.45) is 0 Å². The first kappa shape index (κ1) is 15.3. The van der Waals surface area contributed by atoms with Crippen molar-refractivity contribution in [1.82, 2.24) is 9.80 Å². The minimum atomic E-state index is -0.856. The van der Waals surface area contributed by atoms with Gasteiger partial charge in [-0.15, -0.1) is 0 Å². The first-order chi connectivity index (χ1) is 9.61. The highest BCUT2D eigenvalue weighted by Gasteiger charge is 2.38. The summed E-state index contributed by atoms with van der Waals surface area (Å²) in [5, 5.41) is 8.93. The van der Waals surface area contributed by atoms with Gasteiger partial charge in [-0.3, -0.25) is 14.5 Å². The van der Waals surface area contributed by atoms with E-state index in [2.05, 4.69) is 4.90 Å². The molecule has 0 heterocycles. The Kier molecular flexibility index (Phi) is 5.40. The second kappa shape index (κ2) is 7.07. The average Bonchev–Trinajstić information content (AvgIpc) is 3.03. The van der Waals surface area contributed by atoms with Crippen molar-refractivity contribution >= 4 is 11.9 Å². The van der Waals surface area contributed by atoms with E-state index in [1.165, 1.54) is 12.8 Å². The van der Waals surface area contributed by atoms with E-state index < -0.39 is 5.97 Å². The number of nitrogens with zero attached hydrogens (tertiary/aromatic N) is 2. The molecule has 0 radical (unpaired) electrons. The summed E-state index contributed by atoms with van der Waals surface area (Å²) in [5.41, 5.74) is 0. The van der Waals surface area contributed by atoms with E-state index in [0.29, 0.717) is 18.6 Å². The van der Waals surface area contributed by atoms with Crippen molar-refractivity contribution in [3.8, 4) is 0 Å². The maximum Gasteiger partial charge on any atom is 0.317 e. The van der Waals surface area contributed by atoms with Crippen LogP contribution in [0.15, 0.2) is 0 Å². The molecular formula is C15H26N2O3. The third kappa shape index (κ3) is 4.20. The number of aliphatic carboxylic acids is 1. The Morgan fingerprint density at radius 2 is 1.65 bits per heavy atom. The van der Waals surface area contributed by atoms with E-state index in [4.69, 9.17) is 5.11 Å². The third-order valence-corrected chi connectivity index (χ3v) is 4.20. The van der Waals surface area contributed by atoms with Crippen LogP contribution in [0.1, 0.15) is 51.9 Å². The van der Waals surface area contributed by atoms with Crippen LogP contribution in [0, 0.1) is 0 Å². The number of carboxylic acid groups (broad SMARTS) is 1. The van der Waals surface area contributed by atoms with Crippen molar-refractivity contribution in [3.05, 3.63) is 0 Å². The molecule has 0 unspecified atom stereocenters. The van der Waals surface area contributed by atoms with Crippen molar-refractivity contribution < 1.29 is 14.7 Å². The molecule has 5 heteroatoms. The second-order valence-corrected chi connectivity index (χ2v) is 6.07. The number of carbonyl (C=O) groups excluding carboxylic acids is 1. The van der Waals surface area contributed by atoms with Crippen LogP contribution in [-0.4, -0.2) is 58.5 Å². The maximum absolute atomic E-state index is 12.6. The summed E-state index contributed by atoms with van der Waals surface area (Å²) in [6, 6.07) is 0.835. The highest BCUT2D eigenvalue weighted by Crippen LogP contribution is 2.34. The quantitative estimate of drug-likeness (QED) is 0.736. The molecule has 0 atom stereocenters. The lowest BCUT2D eigenvalue weighted by Crippen LogP contribution is -2.47. The van der Waals surface area contributed by atoms with Crippen LogP contribution in [0.3, 0.4) is 0 Å². The van der Waals surface area contributed by atoms with Crippen molar-refractivity contribution in [1.29, 1.82) is 0 Å². The molecule has 114 valence electrons. The first-order valence-electron chi connectivity index (χ1n) is 7.87. The van der Waals surface area contributed by atoms with Crippen LogP contribution in [0.4, 0.5) is 0 Å². The molecular weight excluding hydrogens is 256 g/mol. The lowest BCUT2D eigenvalue weighted by molar-refractivity contribution is -0.140. The number of carboxylic acids is 1. The van der Waals surface area contributed by atoms with Gasteiger partial charge in [0.2, 0.25) is 5.91 Å². The Labute approximate surface area is 120 Å². The zero-order valence-electron chi connectivity index (χ0n) is 12.4. The molecule has 0 aromatic rings. The molecule has 0 saturated heterocycles. The van der Waals surface area contributed by atoms with Crippen molar-refractivity contribution in [2.45, 2.75) is 64.0 Å². The maximum atomic E-state index is 12.6. The Hall–Kier alpha value is -1.10. The number of carbonyl (C=O) groups is 2.